The molecule has 0 fully saturated rings. The molecule has 2 heterocycles. The van der Waals surface area contributed by atoms with Gasteiger partial charge >= 0.3 is 0 Å². The van der Waals surface area contributed by atoms with Crippen LogP contribution < -0.4 is 5.32 Å². The Morgan fingerprint density at radius 2 is 2.11 bits per heavy atom. The highest BCUT2D eigenvalue weighted by molar-refractivity contribution is 5.33. The minimum absolute atomic E-state index is 0.395. The Balaban J connectivity index is 1.92. The number of aromatic nitrogens is 2. The third kappa shape index (κ3) is 1.85. The molecule has 2 aromatic rings. The SMILES string of the molecule is Cc1ccc(C2Cn3cnc(C)c3CN2)c(C)c1. The predicted octanol–water partition coefficient (Wildman–Crippen LogP) is 2.65. The number of hydrogen-bond acceptors (Lipinski definition) is 2. The van der Waals surface area contributed by atoms with Gasteiger partial charge in [0.05, 0.1) is 23.8 Å². The summed E-state index contributed by atoms with van der Waals surface area (Å²) in [4.78, 5) is 4.39. The highest BCUT2D eigenvalue weighted by Crippen LogP contribution is 2.25. The van der Waals surface area contributed by atoms with E-state index in [1.807, 2.05) is 6.33 Å². The number of fused-ring (bicyclic) bond motifs is 1. The summed E-state index contributed by atoms with van der Waals surface area (Å²) in [5.41, 5.74) is 6.55. The molecule has 0 amide bonds. The summed E-state index contributed by atoms with van der Waals surface area (Å²) in [6.07, 6.45) is 1.96. The van der Waals surface area contributed by atoms with Crippen LogP contribution in [-0.2, 0) is 13.1 Å². The lowest BCUT2D eigenvalue weighted by atomic mass is 9.98. The summed E-state index contributed by atoms with van der Waals surface area (Å²) in [6.45, 7) is 8.29. The normalized spacial score (nSPS) is 18.7. The van der Waals surface area contributed by atoms with Gasteiger partial charge in [0.25, 0.3) is 0 Å². The minimum Gasteiger partial charge on any atom is -0.331 e. The van der Waals surface area contributed by atoms with Crippen LogP contribution in [0.25, 0.3) is 0 Å². The Kier molecular flexibility index (Phi) is 2.71. The number of nitrogens with zero attached hydrogens (tertiary/aromatic N) is 2. The summed E-state index contributed by atoms with van der Waals surface area (Å²) in [6, 6.07) is 7.09. The minimum atomic E-state index is 0.395. The molecule has 0 radical (unpaired) electrons. The molecule has 1 aliphatic rings. The summed E-state index contributed by atoms with van der Waals surface area (Å²) >= 11 is 0. The molecule has 0 saturated heterocycles. The molecule has 1 aromatic carbocycles. The van der Waals surface area contributed by atoms with Crippen molar-refractivity contribution >= 4 is 0 Å². The van der Waals surface area contributed by atoms with Gasteiger partial charge in [-0.15, -0.1) is 0 Å². The fraction of sp³-hybridized carbons (Fsp3) is 0.400. The van der Waals surface area contributed by atoms with E-state index in [-0.39, 0.29) is 0 Å². The van der Waals surface area contributed by atoms with Gasteiger partial charge in [-0.2, -0.15) is 0 Å². The molecule has 1 aliphatic heterocycles. The third-order valence-corrected chi connectivity index (χ3v) is 3.85. The molecule has 0 bridgehead atoms. The summed E-state index contributed by atoms with van der Waals surface area (Å²) in [5, 5.41) is 3.62. The number of aryl methyl sites for hydroxylation is 3. The van der Waals surface area contributed by atoms with Crippen LogP contribution >= 0.6 is 0 Å². The molecule has 1 aromatic heterocycles. The van der Waals surface area contributed by atoms with Gasteiger partial charge in [-0.25, -0.2) is 4.98 Å². The first-order valence-corrected chi connectivity index (χ1v) is 6.46. The summed E-state index contributed by atoms with van der Waals surface area (Å²) in [5.74, 6) is 0. The van der Waals surface area contributed by atoms with Crippen LogP contribution in [0.4, 0.5) is 0 Å². The van der Waals surface area contributed by atoms with E-state index in [0.29, 0.717) is 6.04 Å². The van der Waals surface area contributed by atoms with Gasteiger partial charge in [0, 0.05) is 13.1 Å². The summed E-state index contributed by atoms with van der Waals surface area (Å²) < 4.78 is 2.27. The van der Waals surface area contributed by atoms with E-state index in [0.717, 1.165) is 18.8 Å². The highest BCUT2D eigenvalue weighted by Gasteiger charge is 2.21. The standard InChI is InChI=1S/C15H19N3/c1-10-4-5-13(11(2)6-10)14-8-18-9-17-12(3)15(18)7-16-14/h4-6,9,14,16H,7-8H2,1-3H3. The van der Waals surface area contributed by atoms with E-state index < -0.39 is 0 Å². The van der Waals surface area contributed by atoms with Crippen molar-refractivity contribution in [3.8, 4) is 0 Å². The Morgan fingerprint density at radius 1 is 1.28 bits per heavy atom. The van der Waals surface area contributed by atoms with E-state index in [9.17, 15) is 0 Å². The Hall–Kier alpha value is -1.61. The number of hydrogen-bond donors (Lipinski definition) is 1. The van der Waals surface area contributed by atoms with Crippen LogP contribution in [0.15, 0.2) is 24.5 Å². The first kappa shape index (κ1) is 11.5. The summed E-state index contributed by atoms with van der Waals surface area (Å²) in [7, 11) is 0. The van der Waals surface area contributed by atoms with Gasteiger partial charge < -0.3 is 9.88 Å². The maximum Gasteiger partial charge on any atom is 0.0952 e. The quantitative estimate of drug-likeness (QED) is 0.832. The van der Waals surface area contributed by atoms with Crippen LogP contribution in [0.1, 0.15) is 34.1 Å². The van der Waals surface area contributed by atoms with E-state index >= 15 is 0 Å². The van der Waals surface area contributed by atoms with Crippen molar-refractivity contribution in [2.24, 2.45) is 0 Å². The average Bonchev–Trinajstić information content (AvgIpc) is 2.71. The van der Waals surface area contributed by atoms with Crippen molar-refractivity contribution in [3.05, 3.63) is 52.6 Å². The number of nitrogens with one attached hydrogen (secondary N) is 1. The molecule has 1 unspecified atom stereocenters. The van der Waals surface area contributed by atoms with E-state index in [4.69, 9.17) is 0 Å². The molecule has 0 saturated carbocycles. The molecule has 18 heavy (non-hydrogen) atoms. The molecule has 0 spiro atoms. The van der Waals surface area contributed by atoms with Crippen molar-refractivity contribution in [3.63, 3.8) is 0 Å². The van der Waals surface area contributed by atoms with E-state index in [1.54, 1.807) is 0 Å². The predicted molar refractivity (Wildman–Crippen MR) is 72.5 cm³/mol. The van der Waals surface area contributed by atoms with E-state index in [1.165, 1.54) is 22.4 Å². The number of imidazole rings is 1. The Bertz CT molecular complexity index is 583. The van der Waals surface area contributed by atoms with Crippen LogP contribution in [0.5, 0.6) is 0 Å². The van der Waals surface area contributed by atoms with Gasteiger partial charge in [-0.05, 0) is 31.9 Å². The lowest BCUT2D eigenvalue weighted by molar-refractivity contribution is 0.401. The average molecular weight is 241 g/mol. The third-order valence-electron chi connectivity index (χ3n) is 3.85. The van der Waals surface area contributed by atoms with Gasteiger partial charge in [-0.1, -0.05) is 23.8 Å². The smallest absolute Gasteiger partial charge is 0.0952 e. The number of rotatable bonds is 1. The zero-order valence-electron chi connectivity index (χ0n) is 11.2. The van der Waals surface area contributed by atoms with E-state index in [2.05, 4.69) is 53.8 Å². The molecular weight excluding hydrogens is 222 g/mol. The second-order valence-corrected chi connectivity index (χ2v) is 5.22. The van der Waals surface area contributed by atoms with Gasteiger partial charge in [-0.3, -0.25) is 0 Å². The molecule has 1 N–H and O–H groups in total. The lowest BCUT2D eigenvalue weighted by Gasteiger charge is -2.27. The monoisotopic (exact) mass is 241 g/mol. The first-order chi connectivity index (χ1) is 8.65. The van der Waals surface area contributed by atoms with Crippen molar-refractivity contribution < 1.29 is 0 Å². The topological polar surface area (TPSA) is 29.9 Å². The maximum atomic E-state index is 4.39. The van der Waals surface area contributed by atoms with Crippen molar-refractivity contribution in [2.75, 3.05) is 0 Å². The largest absolute Gasteiger partial charge is 0.331 e. The maximum absolute atomic E-state index is 4.39. The molecule has 3 rings (SSSR count). The van der Waals surface area contributed by atoms with Crippen LogP contribution in [0.2, 0.25) is 0 Å². The molecule has 94 valence electrons. The zero-order chi connectivity index (χ0) is 12.7. The molecule has 0 aliphatic carbocycles. The van der Waals surface area contributed by atoms with Crippen LogP contribution in [0, 0.1) is 20.8 Å². The molecule has 3 heteroatoms. The number of benzene rings is 1. The molecule has 1 atom stereocenters. The molecule has 3 nitrogen and oxygen atoms in total. The fourth-order valence-corrected chi connectivity index (χ4v) is 2.80. The van der Waals surface area contributed by atoms with Crippen molar-refractivity contribution in [1.82, 2.24) is 14.9 Å². The Morgan fingerprint density at radius 3 is 2.89 bits per heavy atom. The first-order valence-electron chi connectivity index (χ1n) is 6.46. The fourth-order valence-electron chi connectivity index (χ4n) is 2.80. The van der Waals surface area contributed by atoms with Gasteiger partial charge in [0.15, 0.2) is 0 Å². The lowest BCUT2D eigenvalue weighted by Crippen LogP contribution is -2.32. The van der Waals surface area contributed by atoms with Crippen molar-refractivity contribution in [1.29, 1.82) is 0 Å². The van der Waals surface area contributed by atoms with Crippen LogP contribution in [-0.4, -0.2) is 9.55 Å². The van der Waals surface area contributed by atoms with Gasteiger partial charge in [0.1, 0.15) is 0 Å². The Labute approximate surface area is 108 Å². The van der Waals surface area contributed by atoms with Crippen molar-refractivity contribution in [2.45, 2.75) is 39.9 Å². The zero-order valence-corrected chi connectivity index (χ0v) is 11.2. The van der Waals surface area contributed by atoms with Crippen LogP contribution in [0.3, 0.4) is 0 Å². The van der Waals surface area contributed by atoms with Gasteiger partial charge in [0.2, 0.25) is 0 Å². The highest BCUT2D eigenvalue weighted by atomic mass is 15.1. The second-order valence-electron chi connectivity index (χ2n) is 5.22. The molecular formula is C15H19N3. The second kappa shape index (κ2) is 4.25.